The molecule has 54 heteroatoms. The number of phosphoric ester groups is 5. The smallest absolute Gasteiger partial charge is 0.394 e. The first-order valence-electron chi connectivity index (χ1n) is 30.6. The lowest BCUT2D eigenvalue weighted by Crippen LogP contribution is -2.65. The fourth-order valence-corrected chi connectivity index (χ4v) is 14.7. The molecule has 0 aromatic heterocycles. The molecule has 0 bridgehead atoms. The number of hydrogen-bond donors (Lipinski definition) is 25. The first-order valence-corrected chi connectivity index (χ1v) is 38.1. The number of ether oxygens (including phenoxy) is 6. The van der Waals surface area contributed by atoms with Gasteiger partial charge in [-0.15, -0.1) is 0 Å². The molecule has 35 atom stereocenters. The van der Waals surface area contributed by atoms with Crippen LogP contribution in [0.4, 0.5) is 0 Å². The number of carbonyl (C=O) groups excluding carboxylic acids is 3. The molecule has 6 rings (SSSR count). The molecule has 23 unspecified atom stereocenters. The summed E-state index contributed by atoms with van der Waals surface area (Å²) >= 11 is 0. The van der Waals surface area contributed by atoms with Crippen molar-refractivity contribution in [1.82, 2.24) is 16.0 Å². The molecular weight excluding hydrogens is 1510 g/mol. The first kappa shape index (κ1) is 88.9. The normalized spacial score (nSPS) is 42.1. The lowest BCUT2D eigenvalue weighted by Gasteiger charge is -2.43. The summed E-state index contributed by atoms with van der Waals surface area (Å²) in [5.74, 6) is -2.41. The molecule has 6 saturated heterocycles. The summed E-state index contributed by atoms with van der Waals surface area (Å²) < 4.78 is 147. The van der Waals surface area contributed by atoms with E-state index in [1.54, 1.807) is 0 Å². The largest absolute Gasteiger partial charge is 0.472 e. The van der Waals surface area contributed by atoms with Gasteiger partial charge in [0.2, 0.25) is 17.7 Å². The first-order chi connectivity index (χ1) is 47.3. The van der Waals surface area contributed by atoms with Gasteiger partial charge in [-0.05, 0) is 0 Å². The lowest BCUT2D eigenvalue weighted by molar-refractivity contribution is -0.235. The second kappa shape index (κ2) is 38.1. The molecule has 0 aromatic rings. The van der Waals surface area contributed by atoms with E-state index in [1.807, 2.05) is 0 Å². The van der Waals surface area contributed by atoms with Crippen molar-refractivity contribution in [1.29, 1.82) is 0 Å². The number of hydrogen-bond acceptors (Lipinski definition) is 41. The number of rotatable bonds is 35. The van der Waals surface area contributed by atoms with Crippen molar-refractivity contribution in [3.63, 3.8) is 0 Å². The number of aliphatic hydroxyl groups is 17. The second-order valence-corrected chi connectivity index (χ2v) is 31.2. The number of carbonyl (C=O) groups is 3. The Labute approximate surface area is 576 Å². The standard InChI is InChI=1S/C48H88N3O46P5/c1-16(54)49-31-19(4-52)92-23(35(58)43(31)66)8-84-100(76,77)90-14-29-41(64)47(70)39(62)27(96-29)12-88-99(74,75)83-7-22-33(51-18(3)56)45(68)37(60)25(95-22)10-86-102(80,81)91-15-30-42(65)48(71)40(63)28(97-30)13-89-98(72,73)82-6-21-32(50-17(2)55)44(67)36(59)24(94-21)9-85-101(78,79)87-11-26-38(61)46(69)34(57)20(5-53)93-26/h19-48,52-53,57-71H,4-15H2,1-3H3,(H,49,54)(H,50,55)(H,51,56)(H,72,73)(H,74,75)(H,76,77)(H,78,79)(H,80,81)/t19-,20+,21-,22-,23+,24+,25+,26-,27+,28+,29-,30-,31?,32?,33?,34?,35?,36?,37?,38?,39?,40?,41?,42?,43?,44?,45?,46?,47?,48?/m0/s1. The zero-order valence-corrected chi connectivity index (χ0v) is 58.2. The maximum atomic E-state index is 13.2. The molecule has 6 aliphatic heterocycles. The third-order valence-corrected chi connectivity index (χ3v) is 21.2. The molecule has 0 spiro atoms. The summed E-state index contributed by atoms with van der Waals surface area (Å²) in [6.07, 6.45) is -51.4. The molecule has 6 aliphatic rings. The zero-order valence-electron chi connectivity index (χ0n) is 53.7. The van der Waals surface area contributed by atoms with Crippen LogP contribution >= 0.6 is 39.1 Å². The number of aliphatic hydroxyl groups excluding tert-OH is 17. The van der Waals surface area contributed by atoms with Gasteiger partial charge in [0.25, 0.3) is 0 Å². The van der Waals surface area contributed by atoms with Gasteiger partial charge in [-0.25, -0.2) is 22.8 Å². The van der Waals surface area contributed by atoms with E-state index in [1.165, 1.54) is 0 Å². The summed E-state index contributed by atoms with van der Waals surface area (Å²) in [7, 11) is -26.9. The topological polar surface area (TPSA) is 765 Å². The fraction of sp³-hybridized carbons (Fsp3) is 0.938. The monoisotopic (exact) mass is 1600 g/mol. The molecule has 0 radical (unpaired) electrons. The van der Waals surface area contributed by atoms with Gasteiger partial charge in [0, 0.05) is 20.8 Å². The van der Waals surface area contributed by atoms with Crippen molar-refractivity contribution in [2.75, 3.05) is 79.3 Å². The Bertz CT molecular complexity index is 2950. The summed E-state index contributed by atoms with van der Waals surface area (Å²) in [5, 5.41) is 185. The van der Waals surface area contributed by atoms with Crippen LogP contribution in [-0.2, 0) is 111 Å². The highest BCUT2D eigenvalue weighted by atomic mass is 31.2. The van der Waals surface area contributed by atoms with Gasteiger partial charge in [0.1, 0.15) is 165 Å². The van der Waals surface area contributed by atoms with Gasteiger partial charge in [0.05, 0.1) is 97.4 Å². The van der Waals surface area contributed by atoms with Crippen molar-refractivity contribution in [2.45, 2.75) is 204 Å². The average molecular weight is 1600 g/mol. The third-order valence-electron chi connectivity index (χ3n) is 16.5. The zero-order chi connectivity index (χ0) is 76.5. The van der Waals surface area contributed by atoms with Crippen LogP contribution in [0.3, 0.4) is 0 Å². The van der Waals surface area contributed by atoms with Gasteiger partial charge in [-0.1, -0.05) is 0 Å². The molecule has 0 aromatic carbocycles. The number of amides is 3. The molecule has 596 valence electrons. The maximum absolute atomic E-state index is 13.2. The fourth-order valence-electron chi connectivity index (χ4n) is 11.0. The highest BCUT2D eigenvalue weighted by Gasteiger charge is 2.53. The highest BCUT2D eigenvalue weighted by molar-refractivity contribution is 7.48. The summed E-state index contributed by atoms with van der Waals surface area (Å²) in [4.78, 5) is 88.5. The maximum Gasteiger partial charge on any atom is 0.472 e. The van der Waals surface area contributed by atoms with Crippen molar-refractivity contribution in [3.05, 3.63) is 0 Å². The van der Waals surface area contributed by atoms with Gasteiger partial charge in [-0.3, -0.25) is 59.6 Å². The lowest BCUT2D eigenvalue weighted by atomic mass is 9.93. The van der Waals surface area contributed by atoms with E-state index in [0.717, 1.165) is 20.8 Å². The Kier molecular flexibility index (Phi) is 33.2. The molecule has 49 nitrogen and oxygen atoms in total. The van der Waals surface area contributed by atoms with Crippen LogP contribution in [-0.4, -0.2) is 391 Å². The van der Waals surface area contributed by atoms with E-state index >= 15 is 0 Å². The van der Waals surface area contributed by atoms with Gasteiger partial charge < -0.3 is 156 Å². The van der Waals surface area contributed by atoms with E-state index in [9.17, 15) is 148 Å². The average Bonchev–Trinajstić information content (AvgIpc) is 0.805. The van der Waals surface area contributed by atoms with Gasteiger partial charge >= 0.3 is 39.1 Å². The van der Waals surface area contributed by atoms with Crippen LogP contribution in [0.1, 0.15) is 20.8 Å². The van der Waals surface area contributed by atoms with E-state index in [0.29, 0.717) is 0 Å². The van der Waals surface area contributed by atoms with Gasteiger partial charge in [-0.2, -0.15) is 0 Å². The predicted octanol–water partition coefficient (Wildman–Crippen LogP) is -12.8. The van der Waals surface area contributed by atoms with Crippen molar-refractivity contribution in [2.24, 2.45) is 0 Å². The molecule has 0 saturated carbocycles. The molecule has 3 amide bonds. The molecule has 102 heavy (non-hydrogen) atoms. The molecular formula is C48H88N3O46P5. The summed E-state index contributed by atoms with van der Waals surface area (Å²) in [6, 6.07) is -4.69. The highest BCUT2D eigenvalue weighted by Crippen LogP contribution is 2.50. The van der Waals surface area contributed by atoms with Crippen LogP contribution < -0.4 is 16.0 Å². The second-order valence-electron chi connectivity index (χ2n) is 24.0. The van der Waals surface area contributed by atoms with Crippen LogP contribution in [0, 0.1) is 0 Å². The summed E-state index contributed by atoms with van der Waals surface area (Å²) in [5.41, 5.74) is 0. The Balaban J connectivity index is 0.983. The molecule has 6 heterocycles. The Hall–Kier alpha value is -1.96. The van der Waals surface area contributed by atoms with Gasteiger partial charge in [0.15, 0.2) is 0 Å². The third kappa shape index (κ3) is 24.5. The van der Waals surface area contributed by atoms with E-state index in [2.05, 4.69) is 16.0 Å². The SMILES string of the molecule is CC(=O)NC1C(O)C(O)[C@@H](COP(=O)(O)OC[C@@H]2O[C@H](COP(=O)(O)OC[C@@H]3O[C@H](COP(=O)(O)OC[C@@H]4O[C@H](COP(=O)(O)OC[C@@H]5O[C@H](COP(=O)(O)OC[C@@H]6O[C@H](CO)C(O)C(O)C6O)C(O)C(O)C5NC(C)=O)C(O)C(O)C4O)C(O)C(O)C3NC(C)=O)C(O)C(O)C2O)O[C@H]1CO. The minimum atomic E-state index is -5.49. The number of phosphoric acid groups is 5. The van der Waals surface area contributed by atoms with Crippen molar-refractivity contribution < 1.29 is 222 Å². The van der Waals surface area contributed by atoms with Crippen LogP contribution in [0.2, 0.25) is 0 Å². The molecule has 0 aliphatic carbocycles. The van der Waals surface area contributed by atoms with E-state index in [-0.39, 0.29) is 0 Å². The Morgan fingerprint density at radius 3 is 0.598 bits per heavy atom. The van der Waals surface area contributed by atoms with Crippen LogP contribution in [0.25, 0.3) is 0 Å². The Morgan fingerprint density at radius 2 is 0.402 bits per heavy atom. The van der Waals surface area contributed by atoms with Crippen LogP contribution in [0.15, 0.2) is 0 Å². The Morgan fingerprint density at radius 1 is 0.255 bits per heavy atom. The quantitative estimate of drug-likeness (QED) is 0.0262. The predicted molar refractivity (Wildman–Crippen MR) is 318 cm³/mol. The van der Waals surface area contributed by atoms with Crippen molar-refractivity contribution in [3.8, 4) is 0 Å². The summed E-state index contributed by atoms with van der Waals surface area (Å²) in [6.45, 7) is -10.1. The van der Waals surface area contributed by atoms with Crippen LogP contribution in [0.5, 0.6) is 0 Å². The number of nitrogens with one attached hydrogen (secondary N) is 3. The minimum absolute atomic E-state index is 0.660. The van der Waals surface area contributed by atoms with E-state index < -0.39 is 319 Å². The molecule has 25 N–H and O–H groups in total. The molecule has 6 fully saturated rings. The minimum Gasteiger partial charge on any atom is -0.394 e. The van der Waals surface area contributed by atoms with Crippen molar-refractivity contribution >= 4 is 56.8 Å². The van der Waals surface area contributed by atoms with E-state index in [4.69, 9.17) is 73.7 Å².